The van der Waals surface area contributed by atoms with Crippen LogP contribution < -0.4 is 20.5 Å². The number of hydrogen-bond donors (Lipinski definition) is 2. The van der Waals surface area contributed by atoms with Gasteiger partial charge in [-0.25, -0.2) is 0 Å². The van der Waals surface area contributed by atoms with Crippen LogP contribution in [0.2, 0.25) is 0 Å². The average Bonchev–Trinajstić information content (AvgIpc) is 2.46. The van der Waals surface area contributed by atoms with Crippen LogP contribution in [0.1, 0.15) is 32.3 Å². The van der Waals surface area contributed by atoms with Gasteiger partial charge in [0.05, 0.1) is 19.8 Å². The highest BCUT2D eigenvalue weighted by Gasteiger charge is 2.12. The Morgan fingerprint density at radius 2 is 2.10 bits per heavy atom. The molecule has 112 valence electrons. The second-order valence-electron chi connectivity index (χ2n) is 4.53. The number of nitrogens with two attached hydrogens (primary N) is 1. The van der Waals surface area contributed by atoms with Crippen LogP contribution in [0.25, 0.3) is 0 Å². The van der Waals surface area contributed by atoms with Gasteiger partial charge in [-0.2, -0.15) is 0 Å². The predicted molar refractivity (Wildman–Crippen MR) is 78.9 cm³/mol. The summed E-state index contributed by atoms with van der Waals surface area (Å²) in [5.41, 5.74) is 6.70. The molecule has 0 aromatic heterocycles. The summed E-state index contributed by atoms with van der Waals surface area (Å²) >= 11 is 0. The lowest BCUT2D eigenvalue weighted by molar-refractivity contribution is -0.122. The molecule has 0 fully saturated rings. The Labute approximate surface area is 120 Å². The predicted octanol–water partition coefficient (Wildman–Crippen LogP) is 1.84. The molecule has 20 heavy (non-hydrogen) atoms. The summed E-state index contributed by atoms with van der Waals surface area (Å²) in [5.74, 6) is 1.24. The largest absolute Gasteiger partial charge is 0.493 e. The van der Waals surface area contributed by atoms with Crippen molar-refractivity contribution in [2.45, 2.75) is 39.3 Å². The molecular weight excluding hydrogens is 256 g/mol. The molecular formula is C15H24N2O3. The molecule has 1 rings (SSSR count). The van der Waals surface area contributed by atoms with Gasteiger partial charge in [-0.3, -0.25) is 4.79 Å². The van der Waals surface area contributed by atoms with Crippen molar-refractivity contribution < 1.29 is 14.3 Å². The summed E-state index contributed by atoms with van der Waals surface area (Å²) < 4.78 is 10.7. The Balaban J connectivity index is 2.62. The molecule has 0 saturated carbocycles. The van der Waals surface area contributed by atoms with Crippen molar-refractivity contribution in [3.63, 3.8) is 0 Å². The van der Waals surface area contributed by atoms with Crippen LogP contribution in [0.15, 0.2) is 18.2 Å². The quantitative estimate of drug-likeness (QED) is 0.762. The van der Waals surface area contributed by atoms with E-state index in [-0.39, 0.29) is 5.91 Å². The molecule has 1 amide bonds. The van der Waals surface area contributed by atoms with E-state index in [1.807, 2.05) is 32.0 Å². The number of carbonyl (C=O) groups excluding carboxylic acids is 1. The van der Waals surface area contributed by atoms with Crippen molar-refractivity contribution in [1.82, 2.24) is 5.32 Å². The summed E-state index contributed by atoms with van der Waals surface area (Å²) in [4.78, 5) is 11.7. The molecule has 0 spiro atoms. The zero-order chi connectivity index (χ0) is 15.0. The van der Waals surface area contributed by atoms with Gasteiger partial charge in [0.25, 0.3) is 0 Å². The van der Waals surface area contributed by atoms with Crippen molar-refractivity contribution in [2.24, 2.45) is 5.73 Å². The van der Waals surface area contributed by atoms with E-state index in [9.17, 15) is 4.79 Å². The Morgan fingerprint density at radius 1 is 1.35 bits per heavy atom. The molecule has 1 unspecified atom stereocenters. The number of rotatable bonds is 8. The van der Waals surface area contributed by atoms with Gasteiger partial charge in [-0.05, 0) is 31.0 Å². The van der Waals surface area contributed by atoms with Crippen LogP contribution in [-0.2, 0) is 11.3 Å². The van der Waals surface area contributed by atoms with E-state index in [1.165, 1.54) is 0 Å². The third-order valence-corrected chi connectivity index (χ3v) is 2.93. The number of ether oxygens (including phenoxy) is 2. The third kappa shape index (κ3) is 4.74. The first-order chi connectivity index (χ1) is 9.62. The second-order valence-corrected chi connectivity index (χ2v) is 4.53. The zero-order valence-corrected chi connectivity index (χ0v) is 12.4. The third-order valence-electron chi connectivity index (χ3n) is 2.93. The Morgan fingerprint density at radius 3 is 2.70 bits per heavy atom. The minimum atomic E-state index is -0.440. The molecule has 0 aliphatic heterocycles. The maximum Gasteiger partial charge on any atom is 0.237 e. The Bertz CT molecular complexity index is 435. The van der Waals surface area contributed by atoms with Crippen LogP contribution in [0.4, 0.5) is 0 Å². The van der Waals surface area contributed by atoms with E-state index < -0.39 is 6.04 Å². The van der Waals surface area contributed by atoms with Crippen molar-refractivity contribution >= 4 is 5.91 Å². The van der Waals surface area contributed by atoms with Gasteiger partial charge < -0.3 is 20.5 Å². The second kappa shape index (κ2) is 8.43. The fourth-order valence-corrected chi connectivity index (χ4v) is 1.86. The molecule has 1 aromatic carbocycles. The molecule has 0 saturated heterocycles. The molecule has 0 bridgehead atoms. The summed E-state index contributed by atoms with van der Waals surface area (Å²) in [6, 6.07) is 5.16. The average molecular weight is 280 g/mol. The van der Waals surface area contributed by atoms with Gasteiger partial charge in [0.1, 0.15) is 0 Å². The first-order valence-corrected chi connectivity index (χ1v) is 6.95. The lowest BCUT2D eigenvalue weighted by atomic mass is 10.1. The summed E-state index contributed by atoms with van der Waals surface area (Å²) in [6.07, 6.45) is 1.59. The van der Waals surface area contributed by atoms with Crippen molar-refractivity contribution in [1.29, 1.82) is 0 Å². The van der Waals surface area contributed by atoms with Crippen LogP contribution in [0, 0.1) is 0 Å². The van der Waals surface area contributed by atoms with Gasteiger partial charge >= 0.3 is 0 Å². The Hall–Kier alpha value is -1.75. The van der Waals surface area contributed by atoms with Crippen LogP contribution in [0.3, 0.4) is 0 Å². The van der Waals surface area contributed by atoms with Crippen LogP contribution in [0.5, 0.6) is 11.5 Å². The van der Waals surface area contributed by atoms with E-state index in [1.54, 1.807) is 7.11 Å². The summed E-state index contributed by atoms with van der Waals surface area (Å²) in [5, 5.41) is 2.83. The lowest BCUT2D eigenvalue weighted by Gasteiger charge is -2.13. The molecule has 3 N–H and O–H groups in total. The number of carbonyl (C=O) groups is 1. The monoisotopic (exact) mass is 280 g/mol. The van der Waals surface area contributed by atoms with Crippen molar-refractivity contribution in [3.8, 4) is 11.5 Å². The van der Waals surface area contributed by atoms with Gasteiger partial charge in [-0.1, -0.05) is 19.4 Å². The molecule has 0 radical (unpaired) electrons. The fourth-order valence-electron chi connectivity index (χ4n) is 1.86. The van der Waals surface area contributed by atoms with E-state index in [0.717, 1.165) is 12.0 Å². The number of nitrogens with one attached hydrogen (secondary N) is 1. The normalized spacial score (nSPS) is 11.8. The first-order valence-electron chi connectivity index (χ1n) is 6.95. The van der Waals surface area contributed by atoms with Gasteiger partial charge in [0.2, 0.25) is 5.91 Å². The lowest BCUT2D eigenvalue weighted by Crippen LogP contribution is -2.40. The van der Waals surface area contributed by atoms with E-state index in [4.69, 9.17) is 15.2 Å². The number of amides is 1. The Kier molecular flexibility index (Phi) is 6.87. The highest BCUT2D eigenvalue weighted by Crippen LogP contribution is 2.27. The smallest absolute Gasteiger partial charge is 0.237 e. The van der Waals surface area contributed by atoms with Crippen molar-refractivity contribution in [2.75, 3.05) is 13.7 Å². The topological polar surface area (TPSA) is 73.6 Å². The maximum absolute atomic E-state index is 11.7. The maximum atomic E-state index is 11.7. The number of hydrogen-bond acceptors (Lipinski definition) is 4. The van der Waals surface area contributed by atoms with Crippen molar-refractivity contribution in [3.05, 3.63) is 23.8 Å². The summed E-state index contributed by atoms with van der Waals surface area (Å²) in [7, 11) is 1.59. The van der Waals surface area contributed by atoms with Gasteiger partial charge in [0.15, 0.2) is 11.5 Å². The molecule has 5 nitrogen and oxygen atoms in total. The molecule has 1 aromatic rings. The molecule has 0 heterocycles. The molecule has 0 aliphatic rings. The SMILES string of the molecule is CCCC(N)C(=O)NCc1ccc(OCC)c(OC)c1. The van der Waals surface area contributed by atoms with Crippen LogP contribution >= 0.6 is 0 Å². The first kappa shape index (κ1) is 16.3. The number of methoxy groups -OCH3 is 1. The molecule has 1 atom stereocenters. The van der Waals surface area contributed by atoms with E-state index >= 15 is 0 Å². The van der Waals surface area contributed by atoms with E-state index in [0.29, 0.717) is 31.1 Å². The highest BCUT2D eigenvalue weighted by molar-refractivity contribution is 5.81. The van der Waals surface area contributed by atoms with E-state index in [2.05, 4.69) is 5.32 Å². The standard InChI is InChI=1S/C15H24N2O3/c1-4-6-12(16)15(18)17-10-11-7-8-13(20-5-2)14(9-11)19-3/h7-9,12H,4-6,10,16H2,1-3H3,(H,17,18). The minimum Gasteiger partial charge on any atom is -0.493 e. The summed E-state index contributed by atoms with van der Waals surface area (Å²) in [6.45, 7) is 4.93. The van der Waals surface area contributed by atoms with Gasteiger partial charge in [0, 0.05) is 6.54 Å². The van der Waals surface area contributed by atoms with Gasteiger partial charge in [-0.15, -0.1) is 0 Å². The minimum absolute atomic E-state index is 0.125. The number of benzene rings is 1. The highest BCUT2D eigenvalue weighted by atomic mass is 16.5. The fraction of sp³-hybridized carbons (Fsp3) is 0.533. The molecule has 5 heteroatoms. The zero-order valence-electron chi connectivity index (χ0n) is 12.4. The van der Waals surface area contributed by atoms with Crippen LogP contribution in [-0.4, -0.2) is 25.7 Å². The molecule has 0 aliphatic carbocycles.